The minimum absolute atomic E-state index is 0.272. The van der Waals surface area contributed by atoms with Gasteiger partial charge in [-0.15, -0.1) is 0 Å². The van der Waals surface area contributed by atoms with Crippen LogP contribution < -0.4 is 5.32 Å². The second kappa shape index (κ2) is 4.95. The van der Waals surface area contributed by atoms with E-state index in [1.807, 2.05) is 6.92 Å². The molecule has 2 rings (SSSR count). The molecular formula is C14H13F2N. The minimum Gasteiger partial charge on any atom is -0.378 e. The van der Waals surface area contributed by atoms with Crippen molar-refractivity contribution in [2.24, 2.45) is 0 Å². The van der Waals surface area contributed by atoms with E-state index in [9.17, 15) is 8.78 Å². The maximum absolute atomic E-state index is 13.4. The molecule has 2 aromatic rings. The van der Waals surface area contributed by atoms with Gasteiger partial charge in [-0.05, 0) is 25.1 Å². The molecule has 1 N–H and O–H groups in total. The number of hydrogen-bond donors (Lipinski definition) is 1. The fraction of sp³-hybridized carbons (Fsp3) is 0.143. The molecule has 0 bridgehead atoms. The van der Waals surface area contributed by atoms with Gasteiger partial charge in [-0.25, -0.2) is 8.78 Å². The van der Waals surface area contributed by atoms with Gasteiger partial charge in [-0.2, -0.15) is 0 Å². The molecule has 0 saturated heterocycles. The molecule has 3 heteroatoms. The van der Waals surface area contributed by atoms with E-state index < -0.39 is 0 Å². The Morgan fingerprint density at radius 2 is 1.76 bits per heavy atom. The van der Waals surface area contributed by atoms with Crippen molar-refractivity contribution in [3.8, 4) is 0 Å². The lowest BCUT2D eigenvalue weighted by molar-refractivity contribution is 0.610. The van der Waals surface area contributed by atoms with Gasteiger partial charge in [0.05, 0.1) is 5.69 Å². The van der Waals surface area contributed by atoms with E-state index in [4.69, 9.17) is 0 Å². The molecule has 1 nitrogen and oxygen atoms in total. The summed E-state index contributed by atoms with van der Waals surface area (Å²) in [7, 11) is 0. The average molecular weight is 233 g/mol. The van der Waals surface area contributed by atoms with Crippen LogP contribution in [0.25, 0.3) is 0 Å². The number of halogens is 2. The highest BCUT2D eigenvalue weighted by molar-refractivity contribution is 5.45. The fourth-order valence-electron chi connectivity index (χ4n) is 1.63. The molecule has 0 fully saturated rings. The molecule has 0 saturated carbocycles. The van der Waals surface area contributed by atoms with Gasteiger partial charge >= 0.3 is 0 Å². The van der Waals surface area contributed by atoms with Crippen LogP contribution in [0.3, 0.4) is 0 Å². The fourth-order valence-corrected chi connectivity index (χ4v) is 1.63. The lowest BCUT2D eigenvalue weighted by atomic mass is 10.1. The predicted molar refractivity (Wildman–Crippen MR) is 64.9 cm³/mol. The molecular weight excluding hydrogens is 220 g/mol. The number of nitrogens with one attached hydrogen (secondary N) is 1. The molecule has 0 unspecified atom stereocenters. The van der Waals surface area contributed by atoms with Crippen molar-refractivity contribution in [3.05, 3.63) is 65.2 Å². The molecule has 88 valence electrons. The van der Waals surface area contributed by atoms with Gasteiger partial charge in [0.15, 0.2) is 0 Å². The van der Waals surface area contributed by atoms with Crippen LogP contribution in [0.2, 0.25) is 0 Å². The number of aryl methyl sites for hydroxylation is 1. The van der Waals surface area contributed by atoms with Gasteiger partial charge < -0.3 is 5.32 Å². The molecule has 0 aromatic heterocycles. The van der Waals surface area contributed by atoms with Crippen LogP contribution in [0.5, 0.6) is 0 Å². The average Bonchev–Trinajstić information content (AvgIpc) is 2.32. The Hall–Kier alpha value is -1.90. The Morgan fingerprint density at radius 1 is 1.00 bits per heavy atom. The summed E-state index contributed by atoms with van der Waals surface area (Å²) in [6.45, 7) is 2.17. The van der Waals surface area contributed by atoms with Crippen LogP contribution in [-0.2, 0) is 6.54 Å². The zero-order valence-electron chi connectivity index (χ0n) is 9.50. The number of para-hydroxylation sites is 1. The van der Waals surface area contributed by atoms with Gasteiger partial charge in [0.2, 0.25) is 0 Å². The van der Waals surface area contributed by atoms with E-state index in [1.54, 1.807) is 30.3 Å². The zero-order chi connectivity index (χ0) is 12.3. The van der Waals surface area contributed by atoms with E-state index in [1.165, 1.54) is 12.1 Å². The smallest absolute Gasteiger partial charge is 0.146 e. The van der Waals surface area contributed by atoms with Crippen LogP contribution in [0.4, 0.5) is 14.5 Å². The number of rotatable bonds is 3. The summed E-state index contributed by atoms with van der Waals surface area (Å²) in [5, 5.41) is 2.88. The summed E-state index contributed by atoms with van der Waals surface area (Å²) >= 11 is 0. The first-order chi connectivity index (χ1) is 8.16. The lowest BCUT2D eigenvalue weighted by Gasteiger charge is -2.08. The van der Waals surface area contributed by atoms with Gasteiger partial charge in [0.1, 0.15) is 11.6 Å². The molecule has 17 heavy (non-hydrogen) atoms. The summed E-state index contributed by atoms with van der Waals surface area (Å²) in [5.74, 6) is -0.611. The summed E-state index contributed by atoms with van der Waals surface area (Å²) < 4.78 is 26.8. The summed E-state index contributed by atoms with van der Waals surface area (Å²) in [6, 6.07) is 11.2. The van der Waals surface area contributed by atoms with Crippen molar-refractivity contribution in [2.45, 2.75) is 13.5 Å². The highest BCUT2D eigenvalue weighted by atomic mass is 19.1. The largest absolute Gasteiger partial charge is 0.378 e. The van der Waals surface area contributed by atoms with E-state index in [0.717, 1.165) is 5.56 Å². The Labute approximate surface area is 99.1 Å². The van der Waals surface area contributed by atoms with E-state index in [-0.39, 0.29) is 18.2 Å². The van der Waals surface area contributed by atoms with Gasteiger partial charge in [-0.3, -0.25) is 0 Å². The molecule has 0 atom stereocenters. The van der Waals surface area contributed by atoms with Crippen LogP contribution in [-0.4, -0.2) is 0 Å². The second-order valence-corrected chi connectivity index (χ2v) is 3.93. The standard InChI is InChI=1S/C14H13F2N/c1-10-6-7-12(15)11(8-10)9-17-14-5-3-2-4-13(14)16/h2-8,17H,9H2,1H3. The molecule has 0 spiro atoms. The zero-order valence-corrected chi connectivity index (χ0v) is 9.50. The van der Waals surface area contributed by atoms with Crippen molar-refractivity contribution in [1.29, 1.82) is 0 Å². The second-order valence-electron chi connectivity index (χ2n) is 3.93. The summed E-state index contributed by atoms with van der Waals surface area (Å²) in [5.41, 5.74) is 1.90. The van der Waals surface area contributed by atoms with Gasteiger partial charge in [-0.1, -0.05) is 29.8 Å². The number of hydrogen-bond acceptors (Lipinski definition) is 1. The van der Waals surface area contributed by atoms with Crippen molar-refractivity contribution in [1.82, 2.24) is 0 Å². The van der Waals surface area contributed by atoms with Crippen molar-refractivity contribution < 1.29 is 8.78 Å². The molecule has 0 heterocycles. The molecule has 0 radical (unpaired) electrons. The summed E-state index contributed by atoms with van der Waals surface area (Å²) in [6.07, 6.45) is 0. The first kappa shape index (κ1) is 11.6. The highest BCUT2D eigenvalue weighted by Crippen LogP contribution is 2.16. The SMILES string of the molecule is Cc1ccc(F)c(CNc2ccccc2F)c1. The van der Waals surface area contributed by atoms with Crippen LogP contribution >= 0.6 is 0 Å². The highest BCUT2D eigenvalue weighted by Gasteiger charge is 2.04. The van der Waals surface area contributed by atoms with E-state index in [2.05, 4.69) is 5.32 Å². The van der Waals surface area contributed by atoms with Gasteiger partial charge in [0.25, 0.3) is 0 Å². The Balaban J connectivity index is 2.12. The molecule has 0 aliphatic rings. The third kappa shape index (κ3) is 2.81. The van der Waals surface area contributed by atoms with Crippen LogP contribution in [0.15, 0.2) is 42.5 Å². The lowest BCUT2D eigenvalue weighted by Crippen LogP contribution is -2.03. The third-order valence-electron chi connectivity index (χ3n) is 2.54. The van der Waals surface area contributed by atoms with Crippen molar-refractivity contribution in [3.63, 3.8) is 0 Å². The van der Waals surface area contributed by atoms with Crippen LogP contribution in [0, 0.1) is 18.6 Å². The van der Waals surface area contributed by atoms with E-state index >= 15 is 0 Å². The third-order valence-corrected chi connectivity index (χ3v) is 2.54. The monoisotopic (exact) mass is 233 g/mol. The van der Waals surface area contributed by atoms with E-state index in [0.29, 0.717) is 11.3 Å². The van der Waals surface area contributed by atoms with Gasteiger partial charge in [0, 0.05) is 12.1 Å². The predicted octanol–water partition coefficient (Wildman–Crippen LogP) is 3.89. The Kier molecular flexibility index (Phi) is 3.38. The first-order valence-electron chi connectivity index (χ1n) is 5.40. The Morgan fingerprint density at radius 3 is 2.53 bits per heavy atom. The minimum atomic E-state index is -0.333. The Bertz CT molecular complexity index is 523. The maximum atomic E-state index is 13.4. The van der Waals surface area contributed by atoms with Crippen molar-refractivity contribution in [2.75, 3.05) is 5.32 Å². The number of anilines is 1. The first-order valence-corrected chi connectivity index (χ1v) is 5.40. The molecule has 0 amide bonds. The molecule has 2 aromatic carbocycles. The normalized spacial score (nSPS) is 10.3. The summed E-state index contributed by atoms with van der Waals surface area (Å²) in [4.78, 5) is 0. The molecule has 0 aliphatic carbocycles. The maximum Gasteiger partial charge on any atom is 0.146 e. The van der Waals surface area contributed by atoms with Crippen molar-refractivity contribution >= 4 is 5.69 Å². The quantitative estimate of drug-likeness (QED) is 0.848. The van der Waals surface area contributed by atoms with Crippen LogP contribution in [0.1, 0.15) is 11.1 Å². The molecule has 0 aliphatic heterocycles. The topological polar surface area (TPSA) is 12.0 Å². The number of benzene rings is 2.